The first-order chi connectivity index (χ1) is 17.5. The molecule has 1 amide bonds. The van der Waals surface area contributed by atoms with Crippen molar-refractivity contribution >= 4 is 28.1 Å². The van der Waals surface area contributed by atoms with Gasteiger partial charge in [-0.2, -0.15) is 0 Å². The molecule has 2 atom stereocenters. The predicted octanol–water partition coefficient (Wildman–Crippen LogP) is 4.86. The Balaban J connectivity index is 1.86. The summed E-state index contributed by atoms with van der Waals surface area (Å²) in [5.74, 6) is 0.0103. The van der Waals surface area contributed by atoms with Crippen molar-refractivity contribution in [2.24, 2.45) is 0 Å². The second-order valence-corrected chi connectivity index (χ2v) is 12.5. The maximum absolute atomic E-state index is 13.6. The molecule has 1 aliphatic rings. The van der Waals surface area contributed by atoms with Gasteiger partial charge in [0.1, 0.15) is 0 Å². The molecule has 6 N–H and O–H groups in total. The molecule has 8 nitrogen and oxygen atoms in total. The first-order valence-corrected chi connectivity index (χ1v) is 14.9. The Kier molecular flexibility index (Phi) is 10.3. The zero-order chi connectivity index (χ0) is 27.1. The normalized spacial score (nSPS) is 18.1. The maximum Gasteiger partial charge on any atom is 0.251 e. The molecule has 0 bridgehead atoms. The number of carbonyl (C=O) groups is 1. The van der Waals surface area contributed by atoms with E-state index in [2.05, 4.69) is 36.7 Å². The Hall–Kier alpha value is -2.30. The van der Waals surface area contributed by atoms with Gasteiger partial charge < -0.3 is 21.1 Å². The van der Waals surface area contributed by atoms with Crippen LogP contribution in [0.2, 0.25) is 0 Å². The number of hydrogen-bond acceptors (Lipinski definition) is 7. The van der Waals surface area contributed by atoms with E-state index in [1.54, 1.807) is 16.4 Å². The van der Waals surface area contributed by atoms with Gasteiger partial charge in [0.05, 0.1) is 23.6 Å². The fourth-order valence-corrected chi connectivity index (χ4v) is 6.03. The van der Waals surface area contributed by atoms with Gasteiger partial charge in [-0.05, 0) is 70.2 Å². The predicted molar refractivity (Wildman–Crippen MR) is 155 cm³/mol. The number of carbonyl (C=O) groups excluding carboxylic acids is 1. The molecule has 0 radical (unpaired) electrons. The van der Waals surface area contributed by atoms with Gasteiger partial charge in [-0.15, -0.1) is 10.8 Å². The molecule has 9 heteroatoms. The molecule has 1 aliphatic heterocycles. The van der Waals surface area contributed by atoms with E-state index >= 15 is 0 Å². The number of aliphatic hydroxyl groups is 1. The first-order valence-electron chi connectivity index (χ1n) is 13.2. The maximum atomic E-state index is 13.6. The first kappa shape index (κ1) is 29.3. The molecular formula is C28H44N4O4S. The Bertz CT molecular complexity index is 1020. The van der Waals surface area contributed by atoms with E-state index in [0.717, 1.165) is 30.5 Å². The highest BCUT2D eigenvalue weighted by molar-refractivity contribution is 8.25. The topological polar surface area (TPSA) is 117 Å². The highest BCUT2D eigenvalue weighted by Gasteiger charge is 2.29. The molecule has 2 aromatic rings. The van der Waals surface area contributed by atoms with Gasteiger partial charge in [0, 0.05) is 36.4 Å². The third-order valence-electron chi connectivity index (χ3n) is 6.98. The number of nitrogens with one attached hydrogen (secondary N) is 3. The Morgan fingerprint density at radius 3 is 2.49 bits per heavy atom. The van der Waals surface area contributed by atoms with Gasteiger partial charge >= 0.3 is 0 Å². The van der Waals surface area contributed by atoms with Crippen LogP contribution in [0.3, 0.4) is 0 Å². The van der Waals surface area contributed by atoms with E-state index in [-0.39, 0.29) is 11.4 Å². The lowest BCUT2D eigenvalue weighted by Gasteiger charge is -2.47. The summed E-state index contributed by atoms with van der Waals surface area (Å²) in [5, 5.41) is 20.8. The summed E-state index contributed by atoms with van der Waals surface area (Å²) in [5.41, 5.74) is 2.63. The van der Waals surface area contributed by atoms with Crippen molar-refractivity contribution in [1.29, 1.82) is 0 Å². The van der Waals surface area contributed by atoms with Crippen LogP contribution in [0.1, 0.15) is 62.9 Å². The summed E-state index contributed by atoms with van der Waals surface area (Å²) >= 11 is 0. The van der Waals surface area contributed by atoms with Crippen LogP contribution in [0.25, 0.3) is 0 Å². The Labute approximate surface area is 223 Å². The van der Waals surface area contributed by atoms with Crippen molar-refractivity contribution in [3.05, 3.63) is 59.7 Å². The van der Waals surface area contributed by atoms with Crippen LogP contribution in [0.5, 0.6) is 0 Å². The van der Waals surface area contributed by atoms with Crippen LogP contribution < -0.4 is 20.3 Å². The number of nitrogens with zero attached hydrogens (tertiary/aromatic N) is 1. The lowest BCUT2D eigenvalue weighted by Crippen LogP contribution is -2.52. The molecule has 0 aromatic heterocycles. The minimum absolute atomic E-state index is 0.130. The lowest BCUT2D eigenvalue weighted by atomic mass is 9.98. The minimum Gasteiger partial charge on any atom is -0.390 e. The number of amides is 1. The average molecular weight is 533 g/mol. The molecule has 37 heavy (non-hydrogen) atoms. The molecule has 1 saturated heterocycles. The molecule has 0 saturated carbocycles. The standard InChI is InChI=1S/C28H44N4O4S/c1-5-28(3,4)30-20-26(33)25(16-21-12-8-7-9-13-21)31-27(34)22-17-23(29-6-2)19-24(18-22)32-14-10-11-15-37(32,35)36/h7-9,12-13,17-19,25-26,29-30,33,35-36H,5-6,10-11,14-16,20H2,1-4H3,(H,31,34). The van der Waals surface area contributed by atoms with Gasteiger partial charge in [0.15, 0.2) is 0 Å². The van der Waals surface area contributed by atoms with Crippen molar-refractivity contribution in [2.45, 2.75) is 71.1 Å². The fourth-order valence-electron chi connectivity index (χ4n) is 4.35. The van der Waals surface area contributed by atoms with E-state index in [1.165, 1.54) is 0 Å². The number of β-amino-alcohol motifs (C(OH)–C–C–N with tert-alkyl or cyclic N) is 1. The summed E-state index contributed by atoms with van der Waals surface area (Å²) in [4.78, 5) is 13.6. The van der Waals surface area contributed by atoms with E-state index in [1.807, 2.05) is 43.3 Å². The highest BCUT2D eigenvalue weighted by atomic mass is 32.3. The summed E-state index contributed by atoms with van der Waals surface area (Å²) in [7, 11) is -2.93. The number of hydrogen-bond donors (Lipinski definition) is 6. The number of aliphatic hydroxyl groups excluding tert-OH is 1. The summed E-state index contributed by atoms with van der Waals surface area (Å²) < 4.78 is 23.0. The van der Waals surface area contributed by atoms with Gasteiger partial charge in [-0.3, -0.25) is 18.2 Å². The quantitative estimate of drug-likeness (QED) is 0.231. The van der Waals surface area contributed by atoms with Crippen molar-refractivity contribution < 1.29 is 19.0 Å². The second-order valence-electron chi connectivity index (χ2n) is 10.4. The number of rotatable bonds is 12. The van der Waals surface area contributed by atoms with Crippen LogP contribution in [0.4, 0.5) is 11.4 Å². The summed E-state index contributed by atoms with van der Waals surface area (Å²) in [6.07, 6.45) is 2.20. The van der Waals surface area contributed by atoms with Crippen LogP contribution in [0, 0.1) is 0 Å². The smallest absolute Gasteiger partial charge is 0.251 e. The van der Waals surface area contributed by atoms with Crippen molar-refractivity contribution in [2.75, 3.05) is 35.0 Å². The molecule has 3 rings (SSSR count). The summed E-state index contributed by atoms with van der Waals surface area (Å²) in [6.45, 7) is 9.76. The number of anilines is 2. The highest BCUT2D eigenvalue weighted by Crippen LogP contribution is 2.50. The van der Waals surface area contributed by atoms with Crippen LogP contribution in [-0.4, -0.2) is 63.2 Å². The molecule has 1 heterocycles. The molecule has 1 fully saturated rings. The van der Waals surface area contributed by atoms with Crippen LogP contribution in [0.15, 0.2) is 48.5 Å². The third-order valence-corrected chi connectivity index (χ3v) is 8.92. The minimum atomic E-state index is -2.93. The van der Waals surface area contributed by atoms with E-state index in [0.29, 0.717) is 43.1 Å². The average Bonchev–Trinajstić information content (AvgIpc) is 2.87. The Morgan fingerprint density at radius 2 is 1.84 bits per heavy atom. The van der Waals surface area contributed by atoms with E-state index in [4.69, 9.17) is 0 Å². The zero-order valence-corrected chi connectivity index (χ0v) is 23.4. The molecule has 206 valence electrons. The molecule has 0 spiro atoms. The second kappa shape index (κ2) is 13.0. The summed E-state index contributed by atoms with van der Waals surface area (Å²) in [6, 6.07) is 14.6. The molecule has 2 unspecified atom stereocenters. The van der Waals surface area contributed by atoms with Gasteiger partial charge in [0.2, 0.25) is 0 Å². The third kappa shape index (κ3) is 8.35. The molecular weight excluding hydrogens is 488 g/mol. The number of benzene rings is 2. The van der Waals surface area contributed by atoms with Crippen molar-refractivity contribution in [3.63, 3.8) is 0 Å². The molecule has 0 aliphatic carbocycles. The largest absolute Gasteiger partial charge is 0.390 e. The fraction of sp³-hybridized carbons (Fsp3) is 0.536. The lowest BCUT2D eigenvalue weighted by molar-refractivity contribution is 0.0813. The molecule has 2 aromatic carbocycles. The SMILES string of the molecule is CCNc1cc(C(=O)NC(Cc2ccccc2)C(O)CNC(C)(C)CC)cc(N2CCCCS2(O)O)c1. The zero-order valence-electron chi connectivity index (χ0n) is 22.5. The van der Waals surface area contributed by atoms with Gasteiger partial charge in [-0.25, -0.2) is 0 Å². The van der Waals surface area contributed by atoms with Crippen molar-refractivity contribution in [1.82, 2.24) is 10.6 Å². The van der Waals surface area contributed by atoms with Gasteiger partial charge in [-0.1, -0.05) is 37.3 Å². The Morgan fingerprint density at radius 1 is 1.11 bits per heavy atom. The van der Waals surface area contributed by atoms with E-state index < -0.39 is 22.9 Å². The van der Waals surface area contributed by atoms with Crippen LogP contribution >= 0.6 is 10.8 Å². The van der Waals surface area contributed by atoms with Crippen molar-refractivity contribution in [3.8, 4) is 0 Å². The van der Waals surface area contributed by atoms with E-state index in [9.17, 15) is 19.0 Å². The van der Waals surface area contributed by atoms with Gasteiger partial charge in [0.25, 0.3) is 5.91 Å². The van der Waals surface area contributed by atoms with Crippen LogP contribution in [-0.2, 0) is 6.42 Å². The monoisotopic (exact) mass is 532 g/mol.